The molecule has 5 nitrogen and oxygen atoms in total. The van der Waals surface area contributed by atoms with E-state index in [2.05, 4.69) is 29.7 Å². The van der Waals surface area contributed by atoms with E-state index in [0.717, 1.165) is 32.3 Å². The highest BCUT2D eigenvalue weighted by atomic mass is 16.5. The minimum atomic E-state index is -0.189. The SMILES string of the molecule is CCCCCCCOCCNC(=O)[C@H](CCCCN)NCc1ccccc1. The first-order valence-corrected chi connectivity index (χ1v) is 10.6. The Labute approximate surface area is 165 Å². The molecule has 0 saturated heterocycles. The van der Waals surface area contributed by atoms with Crippen LogP contribution in [-0.2, 0) is 16.1 Å². The molecule has 0 aliphatic rings. The molecule has 4 N–H and O–H groups in total. The molecule has 0 aliphatic carbocycles. The summed E-state index contributed by atoms with van der Waals surface area (Å²) < 4.78 is 5.62. The van der Waals surface area contributed by atoms with Gasteiger partial charge in [-0.15, -0.1) is 0 Å². The van der Waals surface area contributed by atoms with Gasteiger partial charge in [0.2, 0.25) is 5.91 Å². The van der Waals surface area contributed by atoms with Crippen molar-refractivity contribution in [1.82, 2.24) is 10.6 Å². The molecule has 0 heterocycles. The third-order valence-electron chi connectivity index (χ3n) is 4.60. The number of nitrogens with two attached hydrogens (primary N) is 1. The number of hydrogen-bond acceptors (Lipinski definition) is 4. The molecule has 1 amide bonds. The highest BCUT2D eigenvalue weighted by Crippen LogP contribution is 2.04. The fourth-order valence-electron chi connectivity index (χ4n) is 2.93. The number of amides is 1. The van der Waals surface area contributed by atoms with Crippen molar-refractivity contribution in [3.8, 4) is 0 Å². The average Bonchev–Trinajstić information content (AvgIpc) is 2.70. The van der Waals surface area contributed by atoms with Crippen LogP contribution in [0.3, 0.4) is 0 Å². The number of rotatable bonds is 17. The molecule has 0 radical (unpaired) electrons. The zero-order valence-electron chi connectivity index (χ0n) is 17.1. The Morgan fingerprint density at radius 3 is 2.56 bits per heavy atom. The van der Waals surface area contributed by atoms with E-state index in [1.807, 2.05) is 18.2 Å². The number of nitrogens with one attached hydrogen (secondary N) is 2. The number of carbonyl (C=O) groups is 1. The van der Waals surface area contributed by atoms with E-state index in [0.29, 0.717) is 26.2 Å². The second-order valence-electron chi connectivity index (χ2n) is 7.02. The number of hydrogen-bond donors (Lipinski definition) is 3. The van der Waals surface area contributed by atoms with Crippen LogP contribution in [-0.4, -0.2) is 38.3 Å². The van der Waals surface area contributed by atoms with Gasteiger partial charge in [-0.1, -0.05) is 69.4 Å². The minimum Gasteiger partial charge on any atom is -0.380 e. The van der Waals surface area contributed by atoms with Crippen LogP contribution in [0.5, 0.6) is 0 Å². The van der Waals surface area contributed by atoms with Gasteiger partial charge in [0, 0.05) is 19.7 Å². The van der Waals surface area contributed by atoms with Gasteiger partial charge in [-0.2, -0.15) is 0 Å². The summed E-state index contributed by atoms with van der Waals surface area (Å²) in [6.07, 6.45) is 8.88. The van der Waals surface area contributed by atoms with Gasteiger partial charge in [0.15, 0.2) is 0 Å². The summed E-state index contributed by atoms with van der Waals surface area (Å²) in [5.41, 5.74) is 6.76. The van der Waals surface area contributed by atoms with Gasteiger partial charge in [-0.25, -0.2) is 0 Å². The lowest BCUT2D eigenvalue weighted by Crippen LogP contribution is -2.44. The Bertz CT molecular complexity index is 468. The number of benzene rings is 1. The van der Waals surface area contributed by atoms with Crippen molar-refractivity contribution in [2.24, 2.45) is 5.73 Å². The fourth-order valence-corrected chi connectivity index (χ4v) is 2.93. The first-order chi connectivity index (χ1) is 13.3. The van der Waals surface area contributed by atoms with Gasteiger partial charge >= 0.3 is 0 Å². The summed E-state index contributed by atoms with van der Waals surface area (Å²) in [6.45, 7) is 5.50. The van der Waals surface area contributed by atoms with Crippen molar-refractivity contribution < 1.29 is 9.53 Å². The van der Waals surface area contributed by atoms with Crippen LogP contribution in [0.2, 0.25) is 0 Å². The molecule has 0 spiro atoms. The van der Waals surface area contributed by atoms with Crippen molar-refractivity contribution in [2.45, 2.75) is 70.9 Å². The molecule has 1 aromatic carbocycles. The Balaban J connectivity index is 2.22. The molecular formula is C22H39N3O2. The molecule has 0 unspecified atom stereocenters. The maximum Gasteiger partial charge on any atom is 0.237 e. The van der Waals surface area contributed by atoms with E-state index in [1.54, 1.807) is 0 Å². The van der Waals surface area contributed by atoms with E-state index in [9.17, 15) is 4.79 Å². The van der Waals surface area contributed by atoms with E-state index >= 15 is 0 Å². The van der Waals surface area contributed by atoms with Gasteiger partial charge < -0.3 is 21.1 Å². The molecule has 0 bridgehead atoms. The predicted molar refractivity (Wildman–Crippen MR) is 113 cm³/mol. The summed E-state index contributed by atoms with van der Waals surface area (Å²) in [4.78, 5) is 12.5. The number of ether oxygens (including phenoxy) is 1. The molecule has 1 rings (SSSR count). The van der Waals surface area contributed by atoms with E-state index < -0.39 is 0 Å². The Morgan fingerprint density at radius 2 is 1.81 bits per heavy atom. The molecule has 1 atom stereocenters. The largest absolute Gasteiger partial charge is 0.380 e. The Kier molecular flexibility index (Phi) is 14.6. The van der Waals surface area contributed by atoms with E-state index in [1.165, 1.54) is 31.2 Å². The van der Waals surface area contributed by atoms with Gasteiger partial charge in [-0.05, 0) is 31.4 Å². The van der Waals surface area contributed by atoms with Gasteiger partial charge in [0.1, 0.15) is 0 Å². The first kappa shape index (κ1) is 23.6. The summed E-state index contributed by atoms with van der Waals surface area (Å²) in [5.74, 6) is 0.0505. The molecule has 1 aromatic rings. The smallest absolute Gasteiger partial charge is 0.237 e. The summed E-state index contributed by atoms with van der Waals surface area (Å²) in [6, 6.07) is 9.97. The lowest BCUT2D eigenvalue weighted by atomic mass is 10.1. The lowest BCUT2D eigenvalue weighted by Gasteiger charge is -2.18. The van der Waals surface area contributed by atoms with Gasteiger partial charge in [0.25, 0.3) is 0 Å². The van der Waals surface area contributed by atoms with E-state index in [-0.39, 0.29) is 11.9 Å². The third kappa shape index (κ3) is 12.6. The van der Waals surface area contributed by atoms with Crippen LogP contribution in [0.15, 0.2) is 30.3 Å². The molecule has 27 heavy (non-hydrogen) atoms. The quantitative estimate of drug-likeness (QED) is 0.364. The molecule has 5 heteroatoms. The van der Waals surface area contributed by atoms with Crippen molar-refractivity contribution >= 4 is 5.91 Å². The molecule has 0 saturated carbocycles. The average molecular weight is 378 g/mol. The molecule has 0 aliphatic heterocycles. The van der Waals surface area contributed by atoms with Crippen molar-refractivity contribution in [1.29, 1.82) is 0 Å². The van der Waals surface area contributed by atoms with Crippen molar-refractivity contribution in [3.63, 3.8) is 0 Å². The van der Waals surface area contributed by atoms with Crippen LogP contribution in [0.4, 0.5) is 0 Å². The maximum atomic E-state index is 12.5. The monoisotopic (exact) mass is 377 g/mol. The van der Waals surface area contributed by atoms with Gasteiger partial charge in [-0.3, -0.25) is 4.79 Å². The predicted octanol–water partition coefficient (Wildman–Crippen LogP) is 3.38. The van der Waals surface area contributed by atoms with Crippen LogP contribution >= 0.6 is 0 Å². The summed E-state index contributed by atoms with van der Waals surface area (Å²) in [7, 11) is 0. The molecular weight excluding hydrogens is 338 g/mol. The molecule has 0 aromatic heterocycles. The Hall–Kier alpha value is -1.43. The maximum absolute atomic E-state index is 12.5. The normalized spacial score (nSPS) is 12.1. The highest BCUT2D eigenvalue weighted by Gasteiger charge is 2.16. The highest BCUT2D eigenvalue weighted by molar-refractivity contribution is 5.81. The third-order valence-corrected chi connectivity index (χ3v) is 4.60. The summed E-state index contributed by atoms with van der Waals surface area (Å²) >= 11 is 0. The zero-order valence-corrected chi connectivity index (χ0v) is 17.1. The van der Waals surface area contributed by atoms with Crippen molar-refractivity contribution in [2.75, 3.05) is 26.3 Å². The second-order valence-corrected chi connectivity index (χ2v) is 7.02. The van der Waals surface area contributed by atoms with Crippen LogP contribution < -0.4 is 16.4 Å². The second kappa shape index (κ2) is 16.7. The van der Waals surface area contributed by atoms with Crippen LogP contribution in [0, 0.1) is 0 Å². The molecule has 0 fully saturated rings. The number of carbonyl (C=O) groups excluding carboxylic acids is 1. The van der Waals surface area contributed by atoms with Crippen molar-refractivity contribution in [3.05, 3.63) is 35.9 Å². The number of unbranched alkanes of at least 4 members (excludes halogenated alkanes) is 5. The Morgan fingerprint density at radius 1 is 1.04 bits per heavy atom. The van der Waals surface area contributed by atoms with Gasteiger partial charge in [0.05, 0.1) is 12.6 Å². The van der Waals surface area contributed by atoms with E-state index in [4.69, 9.17) is 10.5 Å². The standard InChI is InChI=1S/C22H39N3O2/c1-2-3-4-5-11-17-27-18-16-24-22(26)21(14-9-10-15-23)25-19-20-12-7-6-8-13-20/h6-8,12-13,21,25H,2-5,9-11,14-19,23H2,1H3,(H,24,26)/t21-/m0/s1. The minimum absolute atomic E-state index is 0.0505. The first-order valence-electron chi connectivity index (χ1n) is 10.6. The fraction of sp³-hybridized carbons (Fsp3) is 0.682. The lowest BCUT2D eigenvalue weighted by molar-refractivity contribution is -0.123. The van der Waals surface area contributed by atoms with Crippen LogP contribution in [0.1, 0.15) is 63.9 Å². The topological polar surface area (TPSA) is 76.4 Å². The zero-order chi connectivity index (χ0) is 19.6. The molecule has 154 valence electrons. The summed E-state index contributed by atoms with van der Waals surface area (Å²) in [5, 5.41) is 6.38. The van der Waals surface area contributed by atoms with Crippen LogP contribution in [0.25, 0.3) is 0 Å².